The smallest absolute Gasteiger partial charge is 0.410 e. The molecule has 1 amide bonds. The summed E-state index contributed by atoms with van der Waals surface area (Å²) in [7, 11) is 0. The molecule has 2 rings (SSSR count). The van der Waals surface area contributed by atoms with Gasteiger partial charge >= 0.3 is 6.09 Å². The highest BCUT2D eigenvalue weighted by Gasteiger charge is 2.21. The highest BCUT2D eigenvalue weighted by atomic mass is 16.6. The van der Waals surface area contributed by atoms with E-state index in [1.807, 2.05) is 18.2 Å². The van der Waals surface area contributed by atoms with Gasteiger partial charge in [0.25, 0.3) is 0 Å². The van der Waals surface area contributed by atoms with E-state index in [0.717, 1.165) is 0 Å². The molecule has 0 unspecified atom stereocenters. The zero-order chi connectivity index (χ0) is 12.8. The number of ether oxygens (including phenoxy) is 1. The van der Waals surface area contributed by atoms with Crippen LogP contribution in [0.2, 0.25) is 0 Å². The Morgan fingerprint density at radius 1 is 1.22 bits per heavy atom. The number of nitrogens with one attached hydrogen (secondary N) is 1. The van der Waals surface area contributed by atoms with Crippen LogP contribution in [-0.4, -0.2) is 12.1 Å². The second-order valence-corrected chi connectivity index (χ2v) is 5.03. The summed E-state index contributed by atoms with van der Waals surface area (Å²) in [4.78, 5) is 11.7. The van der Waals surface area contributed by atoms with Crippen LogP contribution < -0.4 is 10.1 Å². The van der Waals surface area contributed by atoms with E-state index in [9.17, 15) is 4.79 Å². The third-order valence-electron chi connectivity index (χ3n) is 3.66. The molecule has 1 atom stereocenters. The van der Waals surface area contributed by atoms with Crippen molar-refractivity contribution in [2.75, 3.05) is 0 Å². The summed E-state index contributed by atoms with van der Waals surface area (Å²) >= 11 is 0. The summed E-state index contributed by atoms with van der Waals surface area (Å²) < 4.78 is 5.23. The molecule has 0 aromatic heterocycles. The maximum absolute atomic E-state index is 11.7. The number of hydrogen-bond acceptors (Lipinski definition) is 2. The molecule has 98 valence electrons. The van der Waals surface area contributed by atoms with Gasteiger partial charge < -0.3 is 10.1 Å². The van der Waals surface area contributed by atoms with Crippen LogP contribution in [0.25, 0.3) is 0 Å². The Morgan fingerprint density at radius 3 is 2.56 bits per heavy atom. The lowest BCUT2D eigenvalue weighted by molar-refractivity contribution is 0.187. The van der Waals surface area contributed by atoms with Crippen LogP contribution in [0.1, 0.15) is 39.0 Å². The molecule has 0 aliphatic heterocycles. The van der Waals surface area contributed by atoms with E-state index < -0.39 is 0 Å². The first kappa shape index (κ1) is 12.9. The normalized spacial score (nSPS) is 18.1. The van der Waals surface area contributed by atoms with E-state index in [0.29, 0.717) is 11.7 Å². The SMILES string of the molecule is C[C@@H](NC(=O)Oc1ccccc1)C1CCCCC1. The van der Waals surface area contributed by atoms with E-state index in [4.69, 9.17) is 4.74 Å². The zero-order valence-corrected chi connectivity index (χ0v) is 10.9. The van der Waals surface area contributed by atoms with Gasteiger partial charge in [-0.05, 0) is 37.8 Å². The predicted octanol–water partition coefficient (Wildman–Crippen LogP) is 3.74. The highest BCUT2D eigenvalue weighted by molar-refractivity contribution is 5.70. The Balaban J connectivity index is 1.79. The van der Waals surface area contributed by atoms with Crippen LogP contribution in [0.5, 0.6) is 5.75 Å². The molecule has 3 nitrogen and oxygen atoms in total. The summed E-state index contributed by atoms with van der Waals surface area (Å²) in [5.74, 6) is 1.19. The number of carbonyl (C=O) groups excluding carboxylic acids is 1. The van der Waals surface area contributed by atoms with E-state index in [2.05, 4.69) is 12.2 Å². The van der Waals surface area contributed by atoms with Crippen molar-refractivity contribution in [3.05, 3.63) is 30.3 Å². The van der Waals surface area contributed by atoms with Crippen molar-refractivity contribution in [1.29, 1.82) is 0 Å². The van der Waals surface area contributed by atoms with Gasteiger partial charge in [0.15, 0.2) is 0 Å². The third-order valence-corrected chi connectivity index (χ3v) is 3.66. The quantitative estimate of drug-likeness (QED) is 0.883. The molecule has 0 heterocycles. The Kier molecular flexibility index (Phi) is 4.62. The molecule has 0 saturated heterocycles. The van der Waals surface area contributed by atoms with Crippen molar-refractivity contribution < 1.29 is 9.53 Å². The highest BCUT2D eigenvalue weighted by Crippen LogP contribution is 2.26. The lowest BCUT2D eigenvalue weighted by Crippen LogP contribution is -2.40. The Bertz CT molecular complexity index is 371. The summed E-state index contributed by atoms with van der Waals surface area (Å²) in [5, 5.41) is 2.94. The first-order valence-corrected chi connectivity index (χ1v) is 6.79. The van der Waals surface area contributed by atoms with Gasteiger partial charge in [0.1, 0.15) is 5.75 Å². The zero-order valence-electron chi connectivity index (χ0n) is 10.9. The van der Waals surface area contributed by atoms with Gasteiger partial charge in [-0.3, -0.25) is 0 Å². The van der Waals surface area contributed by atoms with Crippen LogP contribution in [0.4, 0.5) is 4.79 Å². The van der Waals surface area contributed by atoms with Crippen molar-refractivity contribution in [3.63, 3.8) is 0 Å². The first-order chi connectivity index (χ1) is 8.75. The molecular weight excluding hydrogens is 226 g/mol. The molecule has 0 radical (unpaired) electrons. The minimum Gasteiger partial charge on any atom is -0.410 e. The molecule has 0 bridgehead atoms. The molecule has 1 aromatic carbocycles. The van der Waals surface area contributed by atoms with Crippen LogP contribution in [0.15, 0.2) is 30.3 Å². The molecule has 18 heavy (non-hydrogen) atoms. The van der Waals surface area contributed by atoms with Gasteiger partial charge in [0.05, 0.1) is 0 Å². The van der Waals surface area contributed by atoms with E-state index in [-0.39, 0.29) is 12.1 Å². The third kappa shape index (κ3) is 3.76. The molecule has 0 spiro atoms. The second-order valence-electron chi connectivity index (χ2n) is 5.03. The molecule has 3 heteroatoms. The monoisotopic (exact) mass is 247 g/mol. The fourth-order valence-electron chi connectivity index (χ4n) is 2.56. The van der Waals surface area contributed by atoms with E-state index >= 15 is 0 Å². The average molecular weight is 247 g/mol. The lowest BCUT2D eigenvalue weighted by Gasteiger charge is -2.27. The van der Waals surface area contributed by atoms with Crippen LogP contribution >= 0.6 is 0 Å². The number of para-hydroxylation sites is 1. The number of carbonyl (C=O) groups is 1. The largest absolute Gasteiger partial charge is 0.412 e. The Labute approximate surface area is 109 Å². The Hall–Kier alpha value is -1.51. The van der Waals surface area contributed by atoms with Gasteiger partial charge in [-0.15, -0.1) is 0 Å². The summed E-state index contributed by atoms with van der Waals surface area (Å²) in [6.07, 6.45) is 5.98. The van der Waals surface area contributed by atoms with Crippen molar-refractivity contribution in [2.24, 2.45) is 5.92 Å². The number of amides is 1. The van der Waals surface area contributed by atoms with Gasteiger partial charge in [-0.25, -0.2) is 4.79 Å². The predicted molar refractivity (Wildman–Crippen MR) is 71.6 cm³/mol. The van der Waals surface area contributed by atoms with E-state index in [1.54, 1.807) is 12.1 Å². The Morgan fingerprint density at radius 2 is 1.89 bits per heavy atom. The van der Waals surface area contributed by atoms with Crippen molar-refractivity contribution in [2.45, 2.75) is 45.1 Å². The van der Waals surface area contributed by atoms with Gasteiger partial charge in [0, 0.05) is 6.04 Å². The standard InChI is InChI=1S/C15H21NO2/c1-12(13-8-4-2-5-9-13)16-15(17)18-14-10-6-3-7-11-14/h3,6-7,10-13H,2,4-5,8-9H2,1H3,(H,16,17)/t12-/m1/s1. The fraction of sp³-hybridized carbons (Fsp3) is 0.533. The first-order valence-electron chi connectivity index (χ1n) is 6.79. The summed E-state index contributed by atoms with van der Waals surface area (Å²) in [5.41, 5.74) is 0. The van der Waals surface area contributed by atoms with E-state index in [1.165, 1.54) is 32.1 Å². The molecule has 1 saturated carbocycles. The minimum absolute atomic E-state index is 0.196. The van der Waals surface area contributed by atoms with Crippen LogP contribution in [0, 0.1) is 5.92 Å². The van der Waals surface area contributed by atoms with Crippen LogP contribution in [-0.2, 0) is 0 Å². The second kappa shape index (κ2) is 6.43. The summed E-state index contributed by atoms with van der Waals surface area (Å²) in [6, 6.07) is 9.37. The van der Waals surface area contributed by atoms with Crippen molar-refractivity contribution >= 4 is 6.09 Å². The number of hydrogen-bond donors (Lipinski definition) is 1. The number of rotatable bonds is 3. The number of benzene rings is 1. The lowest BCUT2D eigenvalue weighted by atomic mass is 9.85. The summed E-state index contributed by atoms with van der Waals surface area (Å²) in [6.45, 7) is 2.07. The fourth-order valence-corrected chi connectivity index (χ4v) is 2.56. The maximum Gasteiger partial charge on any atom is 0.412 e. The molecule has 1 N–H and O–H groups in total. The average Bonchev–Trinajstić information content (AvgIpc) is 2.40. The van der Waals surface area contributed by atoms with Crippen LogP contribution in [0.3, 0.4) is 0 Å². The molecule has 1 aliphatic rings. The molecule has 1 aliphatic carbocycles. The van der Waals surface area contributed by atoms with Crippen molar-refractivity contribution in [1.82, 2.24) is 5.32 Å². The van der Waals surface area contributed by atoms with Gasteiger partial charge in [0.2, 0.25) is 0 Å². The molecular formula is C15H21NO2. The topological polar surface area (TPSA) is 38.3 Å². The molecule has 1 aromatic rings. The van der Waals surface area contributed by atoms with Gasteiger partial charge in [-0.1, -0.05) is 37.5 Å². The molecule has 1 fully saturated rings. The van der Waals surface area contributed by atoms with Gasteiger partial charge in [-0.2, -0.15) is 0 Å². The van der Waals surface area contributed by atoms with Crippen molar-refractivity contribution in [3.8, 4) is 5.75 Å². The minimum atomic E-state index is -0.348. The maximum atomic E-state index is 11.7.